The fraction of sp³-hybridized carbons (Fsp3) is 0.571. The summed E-state index contributed by atoms with van der Waals surface area (Å²) in [5.41, 5.74) is 4.27. The Morgan fingerprint density at radius 2 is 2.19 bits per heavy atom. The summed E-state index contributed by atoms with van der Waals surface area (Å²) in [6.45, 7) is 4.40. The van der Waals surface area contributed by atoms with Crippen molar-refractivity contribution in [3.63, 3.8) is 0 Å². The van der Waals surface area contributed by atoms with Crippen LogP contribution in [-0.4, -0.2) is 18.1 Å². The van der Waals surface area contributed by atoms with E-state index in [0.29, 0.717) is 6.04 Å². The van der Waals surface area contributed by atoms with Crippen LogP contribution >= 0.6 is 11.8 Å². The Morgan fingerprint density at radius 1 is 1.38 bits per heavy atom. The van der Waals surface area contributed by atoms with E-state index >= 15 is 0 Å². The monoisotopic (exact) mass is 235 g/mol. The molecule has 1 aliphatic heterocycles. The molecule has 1 N–H and O–H groups in total. The molecule has 2 unspecified atom stereocenters. The highest BCUT2D eigenvalue weighted by Crippen LogP contribution is 2.36. The SMILES string of the molecule is CNC(c1cc(C)ccc1C)C1CCCS1. The lowest BCUT2D eigenvalue weighted by Crippen LogP contribution is -2.26. The third-order valence-electron chi connectivity index (χ3n) is 3.42. The van der Waals surface area contributed by atoms with Crippen LogP contribution < -0.4 is 5.32 Å². The summed E-state index contributed by atoms with van der Waals surface area (Å²) < 4.78 is 0. The van der Waals surface area contributed by atoms with E-state index in [-0.39, 0.29) is 0 Å². The normalized spacial score (nSPS) is 22.3. The summed E-state index contributed by atoms with van der Waals surface area (Å²) in [6, 6.07) is 7.31. The van der Waals surface area contributed by atoms with Gasteiger partial charge in [-0.05, 0) is 50.6 Å². The van der Waals surface area contributed by atoms with Crippen LogP contribution in [0.25, 0.3) is 0 Å². The first kappa shape index (κ1) is 12.0. The van der Waals surface area contributed by atoms with Crippen molar-refractivity contribution in [3.05, 3.63) is 34.9 Å². The van der Waals surface area contributed by atoms with Gasteiger partial charge in [0.05, 0.1) is 0 Å². The Bertz CT molecular complexity index is 356. The molecule has 88 valence electrons. The molecule has 2 atom stereocenters. The molecule has 1 fully saturated rings. The van der Waals surface area contributed by atoms with Crippen molar-refractivity contribution < 1.29 is 0 Å². The van der Waals surface area contributed by atoms with Crippen LogP contribution in [0.5, 0.6) is 0 Å². The summed E-state index contributed by atoms with van der Waals surface area (Å²) in [5.74, 6) is 1.33. The standard InChI is InChI=1S/C14H21NS/c1-10-6-7-11(2)12(9-10)14(15-3)13-5-4-8-16-13/h6-7,9,13-15H,4-5,8H2,1-3H3. The van der Waals surface area contributed by atoms with Crippen LogP contribution in [-0.2, 0) is 0 Å². The molecule has 2 heteroatoms. The van der Waals surface area contributed by atoms with Crippen LogP contribution in [0.15, 0.2) is 18.2 Å². The maximum absolute atomic E-state index is 3.51. The van der Waals surface area contributed by atoms with Crippen LogP contribution in [0.2, 0.25) is 0 Å². The zero-order valence-corrected chi connectivity index (χ0v) is 11.2. The number of hydrogen-bond donors (Lipinski definition) is 1. The third-order valence-corrected chi connectivity index (χ3v) is 4.88. The van der Waals surface area contributed by atoms with Gasteiger partial charge < -0.3 is 5.32 Å². The third kappa shape index (κ3) is 2.44. The Balaban J connectivity index is 2.28. The van der Waals surface area contributed by atoms with E-state index in [1.54, 1.807) is 0 Å². The molecule has 1 aromatic carbocycles. The number of hydrogen-bond acceptors (Lipinski definition) is 2. The second-order valence-corrected chi connectivity index (χ2v) is 6.02. The zero-order chi connectivity index (χ0) is 11.5. The molecule has 0 saturated carbocycles. The first-order chi connectivity index (χ1) is 7.72. The number of rotatable bonds is 3. The first-order valence-electron chi connectivity index (χ1n) is 6.08. The van der Waals surface area contributed by atoms with Crippen LogP contribution in [0, 0.1) is 13.8 Å². The molecule has 0 radical (unpaired) electrons. The minimum atomic E-state index is 0.521. The number of nitrogens with one attached hydrogen (secondary N) is 1. The van der Waals surface area contributed by atoms with E-state index in [1.165, 1.54) is 35.3 Å². The van der Waals surface area contributed by atoms with E-state index in [9.17, 15) is 0 Å². The Morgan fingerprint density at radius 3 is 2.81 bits per heavy atom. The smallest absolute Gasteiger partial charge is 0.0440 e. The molecule has 16 heavy (non-hydrogen) atoms. The number of aryl methyl sites for hydroxylation is 2. The van der Waals surface area contributed by atoms with Gasteiger partial charge in [-0.15, -0.1) is 0 Å². The molecule has 0 aromatic heterocycles. The van der Waals surface area contributed by atoms with E-state index in [1.807, 2.05) is 0 Å². The molecule has 1 nitrogen and oxygen atoms in total. The van der Waals surface area contributed by atoms with E-state index in [2.05, 4.69) is 56.2 Å². The van der Waals surface area contributed by atoms with E-state index in [0.717, 1.165) is 5.25 Å². The second kappa shape index (κ2) is 5.24. The van der Waals surface area contributed by atoms with E-state index < -0.39 is 0 Å². The summed E-state index contributed by atoms with van der Waals surface area (Å²) >= 11 is 2.12. The van der Waals surface area contributed by atoms with Gasteiger partial charge in [0.15, 0.2) is 0 Å². The Hall–Kier alpha value is -0.470. The molecule has 1 aliphatic rings. The zero-order valence-electron chi connectivity index (χ0n) is 10.4. The van der Waals surface area contributed by atoms with Crippen molar-refractivity contribution in [1.82, 2.24) is 5.32 Å². The van der Waals surface area contributed by atoms with Gasteiger partial charge in [0.25, 0.3) is 0 Å². The fourth-order valence-electron chi connectivity index (χ4n) is 2.50. The van der Waals surface area contributed by atoms with Gasteiger partial charge in [0.1, 0.15) is 0 Å². The van der Waals surface area contributed by atoms with Crippen LogP contribution in [0.3, 0.4) is 0 Å². The van der Waals surface area contributed by atoms with Crippen molar-refractivity contribution in [2.75, 3.05) is 12.8 Å². The fourth-order valence-corrected chi connectivity index (χ4v) is 3.95. The quantitative estimate of drug-likeness (QED) is 0.861. The summed E-state index contributed by atoms with van der Waals surface area (Å²) in [7, 11) is 2.09. The highest BCUT2D eigenvalue weighted by Gasteiger charge is 2.26. The maximum atomic E-state index is 3.51. The molecule has 1 aromatic rings. The highest BCUT2D eigenvalue weighted by molar-refractivity contribution is 8.00. The predicted octanol–water partition coefficient (Wildman–Crippen LogP) is 3.46. The Labute approximate surface area is 103 Å². The molecule has 1 heterocycles. The first-order valence-corrected chi connectivity index (χ1v) is 7.13. The van der Waals surface area contributed by atoms with Crippen molar-refractivity contribution in [2.24, 2.45) is 0 Å². The summed E-state index contributed by atoms with van der Waals surface area (Å²) in [4.78, 5) is 0. The molecule has 0 aliphatic carbocycles. The molecule has 1 saturated heterocycles. The van der Waals surface area contributed by atoms with Gasteiger partial charge >= 0.3 is 0 Å². The van der Waals surface area contributed by atoms with Gasteiger partial charge in [0, 0.05) is 11.3 Å². The highest BCUT2D eigenvalue weighted by atomic mass is 32.2. The molecule has 2 rings (SSSR count). The van der Waals surface area contributed by atoms with Crippen molar-refractivity contribution in [1.29, 1.82) is 0 Å². The topological polar surface area (TPSA) is 12.0 Å². The average molecular weight is 235 g/mol. The van der Waals surface area contributed by atoms with Gasteiger partial charge in [-0.2, -0.15) is 11.8 Å². The Kier molecular flexibility index (Phi) is 3.93. The second-order valence-electron chi connectivity index (χ2n) is 4.68. The minimum absolute atomic E-state index is 0.521. The molecular weight excluding hydrogens is 214 g/mol. The molecule has 0 bridgehead atoms. The lowest BCUT2D eigenvalue weighted by Gasteiger charge is -2.24. The number of benzene rings is 1. The van der Waals surface area contributed by atoms with Gasteiger partial charge in [0.2, 0.25) is 0 Å². The minimum Gasteiger partial charge on any atom is -0.312 e. The van der Waals surface area contributed by atoms with Crippen LogP contribution in [0.1, 0.15) is 35.6 Å². The summed E-state index contributed by atoms with van der Waals surface area (Å²) in [6.07, 6.45) is 2.72. The van der Waals surface area contributed by atoms with Crippen molar-refractivity contribution in [2.45, 2.75) is 38.0 Å². The van der Waals surface area contributed by atoms with Crippen molar-refractivity contribution in [3.8, 4) is 0 Å². The number of thioether (sulfide) groups is 1. The predicted molar refractivity (Wildman–Crippen MR) is 73.2 cm³/mol. The maximum Gasteiger partial charge on any atom is 0.0440 e. The van der Waals surface area contributed by atoms with Crippen LogP contribution in [0.4, 0.5) is 0 Å². The lowest BCUT2D eigenvalue weighted by atomic mass is 9.95. The van der Waals surface area contributed by atoms with Gasteiger partial charge in [-0.25, -0.2) is 0 Å². The largest absolute Gasteiger partial charge is 0.312 e. The summed E-state index contributed by atoms with van der Waals surface area (Å²) in [5, 5.41) is 4.26. The van der Waals surface area contributed by atoms with Gasteiger partial charge in [-0.3, -0.25) is 0 Å². The molecule has 0 spiro atoms. The van der Waals surface area contributed by atoms with E-state index in [4.69, 9.17) is 0 Å². The molecule has 0 amide bonds. The molecular formula is C14H21NS. The average Bonchev–Trinajstić information content (AvgIpc) is 2.78. The lowest BCUT2D eigenvalue weighted by molar-refractivity contribution is 0.549. The van der Waals surface area contributed by atoms with Gasteiger partial charge in [-0.1, -0.05) is 23.8 Å². The van der Waals surface area contributed by atoms with Crippen molar-refractivity contribution >= 4 is 11.8 Å².